The van der Waals surface area contributed by atoms with Gasteiger partial charge < -0.3 is 10.6 Å². The average Bonchev–Trinajstić information content (AvgIpc) is 2.43. The number of hydrogen-bond acceptors (Lipinski definition) is 2. The summed E-state index contributed by atoms with van der Waals surface area (Å²) >= 11 is 5.98. The average molecular weight is 303 g/mol. The number of nitrogens with one attached hydrogen (secondary N) is 2. The van der Waals surface area contributed by atoms with E-state index >= 15 is 0 Å². The highest BCUT2D eigenvalue weighted by Gasteiger charge is 2.07. The minimum Gasteiger partial charge on any atom is -0.326 e. The molecule has 0 saturated heterocycles. The van der Waals surface area contributed by atoms with Crippen molar-refractivity contribution in [1.29, 1.82) is 0 Å². The zero-order valence-electron chi connectivity index (χ0n) is 11.5. The van der Waals surface area contributed by atoms with Gasteiger partial charge in [0.05, 0.1) is 17.1 Å². The maximum absolute atomic E-state index is 12.0. The van der Waals surface area contributed by atoms with Crippen molar-refractivity contribution in [2.45, 2.75) is 13.3 Å². The van der Waals surface area contributed by atoms with Crippen molar-refractivity contribution in [3.8, 4) is 0 Å². The monoisotopic (exact) mass is 302 g/mol. The molecule has 21 heavy (non-hydrogen) atoms. The molecule has 0 aromatic heterocycles. The van der Waals surface area contributed by atoms with E-state index in [0.717, 1.165) is 5.56 Å². The molecule has 0 atom stereocenters. The third-order valence-corrected chi connectivity index (χ3v) is 3.10. The Morgan fingerprint density at radius 2 is 1.76 bits per heavy atom. The van der Waals surface area contributed by atoms with Gasteiger partial charge in [0.1, 0.15) is 0 Å². The van der Waals surface area contributed by atoms with Crippen LogP contribution in [0.25, 0.3) is 0 Å². The maximum atomic E-state index is 12.0. The van der Waals surface area contributed by atoms with E-state index < -0.39 is 0 Å². The molecule has 0 radical (unpaired) electrons. The molecule has 108 valence electrons. The zero-order chi connectivity index (χ0) is 15.2. The Kier molecular flexibility index (Phi) is 4.95. The molecule has 2 rings (SSSR count). The summed E-state index contributed by atoms with van der Waals surface area (Å²) in [7, 11) is 0. The summed E-state index contributed by atoms with van der Waals surface area (Å²) in [5.74, 6) is -0.345. The summed E-state index contributed by atoms with van der Waals surface area (Å²) in [5, 5.41) is 5.82. The van der Waals surface area contributed by atoms with E-state index in [-0.39, 0.29) is 11.8 Å². The molecule has 0 spiro atoms. The number of anilines is 2. The summed E-state index contributed by atoms with van der Waals surface area (Å²) in [6, 6.07) is 14.4. The summed E-state index contributed by atoms with van der Waals surface area (Å²) in [6.07, 6.45) is 0.291. The molecule has 0 fully saturated rings. The van der Waals surface area contributed by atoms with Gasteiger partial charge in [-0.3, -0.25) is 9.59 Å². The Hall–Kier alpha value is -2.33. The Morgan fingerprint density at radius 1 is 1.05 bits per heavy atom. The Labute approximate surface area is 128 Å². The first-order valence-corrected chi connectivity index (χ1v) is 6.83. The zero-order valence-corrected chi connectivity index (χ0v) is 12.3. The molecular weight excluding hydrogens is 288 g/mol. The molecule has 0 aliphatic carbocycles. The molecule has 0 aliphatic rings. The van der Waals surface area contributed by atoms with Crippen molar-refractivity contribution in [3.63, 3.8) is 0 Å². The van der Waals surface area contributed by atoms with Crippen LogP contribution in [0.3, 0.4) is 0 Å². The van der Waals surface area contributed by atoms with E-state index in [0.29, 0.717) is 22.8 Å². The molecule has 2 amide bonds. The molecule has 4 nitrogen and oxygen atoms in total. The molecule has 2 aromatic rings. The quantitative estimate of drug-likeness (QED) is 0.908. The first kappa shape index (κ1) is 15.1. The highest BCUT2D eigenvalue weighted by Crippen LogP contribution is 2.25. The van der Waals surface area contributed by atoms with E-state index in [2.05, 4.69) is 10.6 Å². The fourth-order valence-electron chi connectivity index (χ4n) is 1.87. The number of carbonyl (C=O) groups excluding carboxylic acids is 2. The molecule has 2 aromatic carbocycles. The number of rotatable bonds is 4. The predicted molar refractivity (Wildman–Crippen MR) is 84.5 cm³/mol. The SMILES string of the molecule is CC(=O)Nc1cc(NC(=O)Cc2ccccc2)ccc1Cl. The fourth-order valence-corrected chi connectivity index (χ4v) is 2.04. The van der Waals surface area contributed by atoms with Gasteiger partial charge in [-0.1, -0.05) is 41.9 Å². The van der Waals surface area contributed by atoms with E-state index in [1.54, 1.807) is 18.2 Å². The third-order valence-electron chi connectivity index (χ3n) is 2.77. The molecule has 0 aliphatic heterocycles. The summed E-state index contributed by atoms with van der Waals surface area (Å²) in [5.41, 5.74) is 2.00. The van der Waals surface area contributed by atoms with E-state index in [9.17, 15) is 9.59 Å². The smallest absolute Gasteiger partial charge is 0.228 e. The third kappa shape index (κ3) is 4.61. The van der Waals surface area contributed by atoms with E-state index in [1.807, 2.05) is 30.3 Å². The first-order valence-electron chi connectivity index (χ1n) is 6.45. The number of halogens is 1. The Morgan fingerprint density at radius 3 is 2.43 bits per heavy atom. The lowest BCUT2D eigenvalue weighted by Crippen LogP contribution is -2.14. The van der Waals surface area contributed by atoms with E-state index in [1.165, 1.54) is 6.92 Å². The number of amides is 2. The van der Waals surface area contributed by atoms with Gasteiger partial charge in [-0.05, 0) is 23.8 Å². The molecule has 0 unspecified atom stereocenters. The van der Waals surface area contributed by atoms with Crippen LogP contribution < -0.4 is 10.6 Å². The van der Waals surface area contributed by atoms with Crippen molar-refractivity contribution in [2.75, 3.05) is 10.6 Å². The van der Waals surface area contributed by atoms with Crippen LogP contribution in [0.4, 0.5) is 11.4 Å². The second-order valence-corrected chi connectivity index (χ2v) is 4.99. The second-order valence-electron chi connectivity index (χ2n) is 4.59. The van der Waals surface area contributed by atoms with Crippen LogP contribution in [-0.4, -0.2) is 11.8 Å². The van der Waals surface area contributed by atoms with Crippen molar-refractivity contribution in [1.82, 2.24) is 0 Å². The van der Waals surface area contributed by atoms with Gasteiger partial charge in [0, 0.05) is 12.6 Å². The predicted octanol–water partition coefficient (Wildman–Crippen LogP) is 3.48. The fraction of sp³-hybridized carbons (Fsp3) is 0.125. The Balaban J connectivity index is 2.05. The normalized spacial score (nSPS) is 10.0. The lowest BCUT2D eigenvalue weighted by molar-refractivity contribution is -0.115. The van der Waals surface area contributed by atoms with Crippen LogP contribution in [0.1, 0.15) is 12.5 Å². The summed E-state index contributed by atoms with van der Waals surface area (Å²) in [4.78, 5) is 23.1. The first-order chi connectivity index (χ1) is 10.0. The molecule has 0 bridgehead atoms. The minimum absolute atomic E-state index is 0.128. The van der Waals surface area contributed by atoms with Crippen molar-refractivity contribution in [3.05, 3.63) is 59.1 Å². The van der Waals surface area contributed by atoms with Gasteiger partial charge in [-0.25, -0.2) is 0 Å². The molecular formula is C16H15ClN2O2. The number of carbonyl (C=O) groups is 2. The van der Waals surface area contributed by atoms with Gasteiger partial charge in [0.15, 0.2) is 0 Å². The van der Waals surface area contributed by atoms with Crippen molar-refractivity contribution in [2.24, 2.45) is 0 Å². The highest BCUT2D eigenvalue weighted by atomic mass is 35.5. The Bertz CT molecular complexity index is 657. The molecule has 2 N–H and O–H groups in total. The van der Waals surface area contributed by atoms with Gasteiger partial charge in [-0.15, -0.1) is 0 Å². The second kappa shape index (κ2) is 6.90. The van der Waals surface area contributed by atoms with E-state index in [4.69, 9.17) is 11.6 Å². The van der Waals surface area contributed by atoms with Gasteiger partial charge in [-0.2, -0.15) is 0 Å². The van der Waals surface area contributed by atoms with Gasteiger partial charge in [0.2, 0.25) is 11.8 Å². The lowest BCUT2D eigenvalue weighted by Gasteiger charge is -2.09. The number of benzene rings is 2. The highest BCUT2D eigenvalue weighted by molar-refractivity contribution is 6.33. The minimum atomic E-state index is -0.218. The largest absolute Gasteiger partial charge is 0.326 e. The number of hydrogen-bond donors (Lipinski definition) is 2. The molecule has 0 saturated carbocycles. The molecule has 5 heteroatoms. The topological polar surface area (TPSA) is 58.2 Å². The van der Waals surface area contributed by atoms with Gasteiger partial charge in [0.25, 0.3) is 0 Å². The van der Waals surface area contributed by atoms with Crippen molar-refractivity contribution < 1.29 is 9.59 Å². The summed E-state index contributed by atoms with van der Waals surface area (Å²) in [6.45, 7) is 1.40. The summed E-state index contributed by atoms with van der Waals surface area (Å²) < 4.78 is 0. The van der Waals surface area contributed by atoms with Crippen LogP contribution in [0.5, 0.6) is 0 Å². The standard InChI is InChI=1S/C16H15ClN2O2/c1-11(20)18-15-10-13(7-8-14(15)17)19-16(21)9-12-5-3-2-4-6-12/h2-8,10H,9H2,1H3,(H,18,20)(H,19,21). The lowest BCUT2D eigenvalue weighted by atomic mass is 10.1. The van der Waals surface area contributed by atoms with Crippen LogP contribution in [0.15, 0.2) is 48.5 Å². The van der Waals surface area contributed by atoms with Crippen molar-refractivity contribution >= 4 is 34.8 Å². The van der Waals surface area contributed by atoms with Crippen LogP contribution in [-0.2, 0) is 16.0 Å². The van der Waals surface area contributed by atoms with Crippen LogP contribution in [0, 0.1) is 0 Å². The van der Waals surface area contributed by atoms with Crippen LogP contribution >= 0.6 is 11.6 Å². The van der Waals surface area contributed by atoms with Gasteiger partial charge >= 0.3 is 0 Å². The maximum Gasteiger partial charge on any atom is 0.228 e. The van der Waals surface area contributed by atoms with Crippen LogP contribution in [0.2, 0.25) is 5.02 Å². The molecule has 0 heterocycles.